The molecule has 1 saturated heterocycles. The largest absolute Gasteiger partial charge is 0.396 e. The molecule has 0 spiro atoms. The maximum atomic E-state index is 13.1. The molecular weight excluding hydrogens is 221 g/mol. The van der Waals surface area contributed by atoms with Crippen LogP contribution in [0.15, 0.2) is 18.2 Å². The van der Waals surface area contributed by atoms with Crippen molar-refractivity contribution < 1.29 is 14.6 Å². The first kappa shape index (κ1) is 12.3. The first-order valence-corrected chi connectivity index (χ1v) is 5.99. The third-order valence-corrected chi connectivity index (χ3v) is 3.43. The van der Waals surface area contributed by atoms with Crippen LogP contribution in [-0.2, 0) is 6.61 Å². The van der Waals surface area contributed by atoms with Crippen molar-refractivity contribution in [3.05, 3.63) is 29.6 Å². The van der Waals surface area contributed by atoms with E-state index < -0.39 is 0 Å². The summed E-state index contributed by atoms with van der Waals surface area (Å²) < 4.78 is 13.1. The molecule has 0 aliphatic carbocycles. The Balaban J connectivity index is 2.12. The molecule has 1 aliphatic heterocycles. The number of rotatable bonds is 3. The van der Waals surface area contributed by atoms with Crippen molar-refractivity contribution >= 4 is 5.69 Å². The monoisotopic (exact) mass is 239 g/mol. The van der Waals surface area contributed by atoms with Crippen LogP contribution in [0, 0.1) is 11.7 Å². The van der Waals surface area contributed by atoms with E-state index in [9.17, 15) is 9.50 Å². The molecule has 0 atom stereocenters. The van der Waals surface area contributed by atoms with Crippen molar-refractivity contribution in [1.29, 1.82) is 0 Å². The Morgan fingerprint density at radius 3 is 2.53 bits per heavy atom. The minimum atomic E-state index is -0.317. The Morgan fingerprint density at radius 2 is 1.94 bits per heavy atom. The van der Waals surface area contributed by atoms with E-state index in [-0.39, 0.29) is 19.0 Å². The predicted molar refractivity (Wildman–Crippen MR) is 64.3 cm³/mol. The van der Waals surface area contributed by atoms with Gasteiger partial charge in [-0.1, -0.05) is 0 Å². The zero-order valence-corrected chi connectivity index (χ0v) is 9.77. The van der Waals surface area contributed by atoms with Crippen molar-refractivity contribution in [2.24, 2.45) is 5.92 Å². The SMILES string of the molecule is OCc1cc(F)ccc1N1CCC(CO)CC1. The van der Waals surface area contributed by atoms with Crippen molar-refractivity contribution in [2.45, 2.75) is 19.4 Å². The van der Waals surface area contributed by atoms with E-state index in [1.165, 1.54) is 12.1 Å². The average molecular weight is 239 g/mol. The van der Waals surface area contributed by atoms with E-state index in [1.807, 2.05) is 0 Å². The van der Waals surface area contributed by atoms with Crippen LogP contribution < -0.4 is 4.90 Å². The molecule has 0 aromatic heterocycles. The highest BCUT2D eigenvalue weighted by Crippen LogP contribution is 2.26. The van der Waals surface area contributed by atoms with Gasteiger partial charge in [-0.05, 0) is 37.0 Å². The summed E-state index contributed by atoms with van der Waals surface area (Å²) in [6, 6.07) is 4.53. The lowest BCUT2D eigenvalue weighted by molar-refractivity contribution is 0.202. The fourth-order valence-electron chi connectivity index (χ4n) is 2.35. The van der Waals surface area contributed by atoms with Crippen molar-refractivity contribution in [2.75, 3.05) is 24.6 Å². The van der Waals surface area contributed by atoms with Gasteiger partial charge in [0, 0.05) is 30.9 Å². The van der Waals surface area contributed by atoms with Crippen molar-refractivity contribution in [3.8, 4) is 0 Å². The number of anilines is 1. The molecule has 3 nitrogen and oxygen atoms in total. The fourth-order valence-corrected chi connectivity index (χ4v) is 2.35. The zero-order chi connectivity index (χ0) is 12.3. The summed E-state index contributed by atoms with van der Waals surface area (Å²) in [5.41, 5.74) is 1.54. The summed E-state index contributed by atoms with van der Waals surface area (Å²) in [6.07, 6.45) is 1.89. The van der Waals surface area contributed by atoms with Gasteiger partial charge < -0.3 is 15.1 Å². The number of halogens is 1. The first-order chi connectivity index (χ1) is 8.24. The molecule has 17 heavy (non-hydrogen) atoms. The Morgan fingerprint density at radius 1 is 1.24 bits per heavy atom. The zero-order valence-electron chi connectivity index (χ0n) is 9.77. The molecule has 94 valence electrons. The predicted octanol–water partition coefficient (Wildman–Crippen LogP) is 1.53. The number of hydrogen-bond acceptors (Lipinski definition) is 3. The number of aliphatic hydroxyl groups is 2. The third-order valence-electron chi connectivity index (χ3n) is 3.43. The van der Waals surface area contributed by atoms with Gasteiger partial charge in [-0.25, -0.2) is 4.39 Å². The second-order valence-electron chi connectivity index (χ2n) is 4.54. The Labute approximate surface area is 100 Å². The van der Waals surface area contributed by atoms with Crippen LogP contribution >= 0.6 is 0 Å². The van der Waals surface area contributed by atoms with E-state index in [0.29, 0.717) is 11.5 Å². The normalized spacial score (nSPS) is 17.5. The van der Waals surface area contributed by atoms with Crippen molar-refractivity contribution in [3.63, 3.8) is 0 Å². The number of nitrogens with zero attached hydrogens (tertiary/aromatic N) is 1. The topological polar surface area (TPSA) is 43.7 Å². The van der Waals surface area contributed by atoms with Crippen LogP contribution in [-0.4, -0.2) is 29.9 Å². The maximum Gasteiger partial charge on any atom is 0.123 e. The van der Waals surface area contributed by atoms with Gasteiger partial charge in [-0.3, -0.25) is 0 Å². The maximum absolute atomic E-state index is 13.1. The molecule has 1 aromatic carbocycles. The molecule has 1 heterocycles. The van der Waals surface area contributed by atoms with Gasteiger partial charge in [0.05, 0.1) is 6.61 Å². The van der Waals surface area contributed by atoms with Crippen LogP contribution in [0.2, 0.25) is 0 Å². The second-order valence-corrected chi connectivity index (χ2v) is 4.54. The number of benzene rings is 1. The number of aliphatic hydroxyl groups excluding tert-OH is 2. The lowest BCUT2D eigenvalue weighted by Gasteiger charge is -2.34. The lowest BCUT2D eigenvalue weighted by Crippen LogP contribution is -2.35. The highest BCUT2D eigenvalue weighted by molar-refractivity contribution is 5.53. The van der Waals surface area contributed by atoms with Crippen LogP contribution in [0.25, 0.3) is 0 Å². The molecule has 0 bridgehead atoms. The summed E-state index contributed by atoms with van der Waals surface area (Å²) in [6.45, 7) is 1.80. The Bertz CT molecular complexity index is 376. The molecule has 0 saturated carbocycles. The molecule has 1 fully saturated rings. The van der Waals surface area contributed by atoms with E-state index >= 15 is 0 Å². The number of piperidine rings is 1. The fraction of sp³-hybridized carbons (Fsp3) is 0.538. The van der Waals surface area contributed by atoms with Crippen LogP contribution in [0.1, 0.15) is 18.4 Å². The van der Waals surface area contributed by atoms with Gasteiger partial charge in [-0.2, -0.15) is 0 Å². The van der Waals surface area contributed by atoms with Gasteiger partial charge in [0.25, 0.3) is 0 Å². The quantitative estimate of drug-likeness (QED) is 0.840. The van der Waals surface area contributed by atoms with Crippen molar-refractivity contribution in [1.82, 2.24) is 0 Å². The second kappa shape index (κ2) is 5.47. The van der Waals surface area contributed by atoms with Gasteiger partial charge in [0.15, 0.2) is 0 Å². The Kier molecular flexibility index (Phi) is 3.97. The highest BCUT2D eigenvalue weighted by atomic mass is 19.1. The van der Waals surface area contributed by atoms with Crippen LogP contribution in [0.3, 0.4) is 0 Å². The summed E-state index contributed by atoms with van der Waals surface area (Å²) in [4.78, 5) is 2.15. The molecule has 4 heteroatoms. The van der Waals surface area contributed by atoms with Crippen LogP contribution in [0.4, 0.5) is 10.1 Å². The van der Waals surface area contributed by atoms with Gasteiger partial charge >= 0.3 is 0 Å². The van der Waals surface area contributed by atoms with Gasteiger partial charge in [0.2, 0.25) is 0 Å². The first-order valence-electron chi connectivity index (χ1n) is 5.99. The molecule has 1 aliphatic rings. The molecule has 1 aromatic rings. The van der Waals surface area contributed by atoms with E-state index in [2.05, 4.69) is 4.90 Å². The molecule has 2 rings (SSSR count). The molecule has 2 N–H and O–H groups in total. The standard InChI is InChI=1S/C13H18FNO2/c14-12-1-2-13(11(7-12)9-17)15-5-3-10(8-16)4-6-15/h1-2,7,10,16-17H,3-6,8-9H2. The molecule has 0 amide bonds. The van der Waals surface area contributed by atoms with E-state index in [1.54, 1.807) is 6.07 Å². The number of hydrogen-bond donors (Lipinski definition) is 2. The molecule has 0 radical (unpaired) electrons. The molecular formula is C13H18FNO2. The minimum absolute atomic E-state index is 0.146. The smallest absolute Gasteiger partial charge is 0.123 e. The summed E-state index contributed by atoms with van der Waals surface area (Å²) in [5.74, 6) is 0.0623. The average Bonchev–Trinajstić information content (AvgIpc) is 2.39. The highest BCUT2D eigenvalue weighted by Gasteiger charge is 2.20. The summed E-state index contributed by atoms with van der Waals surface area (Å²) in [7, 11) is 0. The Hall–Kier alpha value is -1.13. The molecule has 0 unspecified atom stereocenters. The van der Waals surface area contributed by atoms with E-state index in [4.69, 9.17) is 5.11 Å². The van der Waals surface area contributed by atoms with Crippen LogP contribution in [0.5, 0.6) is 0 Å². The van der Waals surface area contributed by atoms with Gasteiger partial charge in [0.1, 0.15) is 5.82 Å². The third kappa shape index (κ3) is 2.76. The minimum Gasteiger partial charge on any atom is -0.396 e. The van der Waals surface area contributed by atoms with Gasteiger partial charge in [-0.15, -0.1) is 0 Å². The summed E-state index contributed by atoms with van der Waals surface area (Å²) in [5, 5.41) is 18.3. The lowest BCUT2D eigenvalue weighted by atomic mass is 9.97. The van der Waals surface area contributed by atoms with E-state index in [0.717, 1.165) is 31.6 Å². The summed E-state index contributed by atoms with van der Waals surface area (Å²) >= 11 is 0.